The van der Waals surface area contributed by atoms with Crippen LogP contribution >= 0.6 is 0 Å². The largest absolute Gasteiger partial charge is 0.389 e. The number of nitrogens with one attached hydrogen (secondary N) is 2. The van der Waals surface area contributed by atoms with Gasteiger partial charge in [0.25, 0.3) is 0 Å². The van der Waals surface area contributed by atoms with Crippen molar-refractivity contribution in [2.75, 3.05) is 37.3 Å². The first-order chi connectivity index (χ1) is 17.5. The fraction of sp³-hybridized carbons (Fsp3) is 0.407. The molecule has 0 bridgehead atoms. The van der Waals surface area contributed by atoms with Crippen LogP contribution in [0.1, 0.15) is 32.3 Å². The lowest BCUT2D eigenvalue weighted by Crippen LogP contribution is -2.48. The second-order valence-corrected chi connectivity index (χ2v) is 12.2. The van der Waals surface area contributed by atoms with Gasteiger partial charge in [-0.05, 0) is 89.2 Å². The number of β-amino-alcohol motifs (C(OH)–C–C–N with tert-alkyl or cyclic N) is 1. The number of hydrogen-bond acceptors (Lipinski definition) is 8. The molecule has 1 saturated heterocycles. The van der Waals surface area contributed by atoms with Gasteiger partial charge in [-0.1, -0.05) is 17.7 Å². The zero-order valence-corrected chi connectivity index (χ0v) is 22.7. The number of anilines is 4. The molecule has 0 aliphatic carbocycles. The van der Waals surface area contributed by atoms with E-state index in [9.17, 15) is 13.5 Å². The molecule has 2 aromatic carbocycles. The molecule has 9 nitrogen and oxygen atoms in total. The van der Waals surface area contributed by atoms with E-state index in [1.165, 1.54) is 9.87 Å². The Morgan fingerprint density at radius 3 is 2.22 bits per heavy atom. The van der Waals surface area contributed by atoms with Crippen LogP contribution in [0.2, 0.25) is 0 Å². The summed E-state index contributed by atoms with van der Waals surface area (Å²) in [5, 5.41) is 16.4. The summed E-state index contributed by atoms with van der Waals surface area (Å²) in [7, 11) is -1.98. The average Bonchev–Trinajstić information content (AvgIpc) is 2.85. The summed E-state index contributed by atoms with van der Waals surface area (Å²) in [4.78, 5) is 11.2. The Labute approximate surface area is 219 Å². The van der Waals surface area contributed by atoms with Gasteiger partial charge in [0.05, 0.1) is 10.5 Å². The monoisotopic (exact) mass is 524 g/mol. The number of likely N-dealkylation sites (tertiary alicyclic amines) is 1. The predicted molar refractivity (Wildman–Crippen MR) is 147 cm³/mol. The highest BCUT2D eigenvalue weighted by atomic mass is 32.2. The Morgan fingerprint density at radius 2 is 1.59 bits per heavy atom. The van der Waals surface area contributed by atoms with Crippen LogP contribution in [-0.4, -0.2) is 71.0 Å². The number of hydrogen-bond donors (Lipinski definition) is 3. The van der Waals surface area contributed by atoms with Crippen LogP contribution in [0.3, 0.4) is 0 Å². The van der Waals surface area contributed by atoms with Gasteiger partial charge >= 0.3 is 0 Å². The lowest BCUT2D eigenvalue weighted by atomic mass is 10.0. The average molecular weight is 525 g/mol. The summed E-state index contributed by atoms with van der Waals surface area (Å²) in [5.74, 6) is 1.05. The van der Waals surface area contributed by atoms with Gasteiger partial charge in [-0.15, -0.1) is 0 Å². The number of aliphatic hydroxyl groups is 1. The van der Waals surface area contributed by atoms with E-state index in [-0.39, 0.29) is 10.9 Å². The van der Waals surface area contributed by atoms with Crippen molar-refractivity contribution >= 4 is 33.2 Å². The third-order valence-electron chi connectivity index (χ3n) is 6.45. The summed E-state index contributed by atoms with van der Waals surface area (Å²) < 4.78 is 28.0. The van der Waals surface area contributed by atoms with Crippen LogP contribution in [0, 0.1) is 6.92 Å². The van der Waals surface area contributed by atoms with Crippen LogP contribution in [0.15, 0.2) is 65.7 Å². The highest BCUT2D eigenvalue weighted by molar-refractivity contribution is 7.89. The van der Waals surface area contributed by atoms with E-state index in [0.29, 0.717) is 24.0 Å². The summed E-state index contributed by atoms with van der Waals surface area (Å²) in [6.45, 7) is 7.72. The van der Waals surface area contributed by atoms with Gasteiger partial charge in [0.1, 0.15) is 5.82 Å². The highest BCUT2D eigenvalue weighted by Gasteiger charge is 2.32. The zero-order chi connectivity index (χ0) is 26.6. The number of aromatic nitrogens is 2. The molecule has 1 aliphatic heterocycles. The van der Waals surface area contributed by atoms with Crippen LogP contribution in [0.4, 0.5) is 23.1 Å². The molecule has 3 N–H and O–H groups in total. The number of piperidine rings is 1. The Kier molecular flexibility index (Phi) is 8.13. The van der Waals surface area contributed by atoms with Crippen LogP contribution in [0.5, 0.6) is 0 Å². The molecular formula is C27H36N6O3S. The molecule has 2 heterocycles. The van der Waals surface area contributed by atoms with E-state index < -0.39 is 15.6 Å². The SMILES string of the molecule is Cc1ccc(Nc2ccnc(Nc3ccc(S(=O)(=O)N(C)C4CCN(CC(C)(C)O)CC4)cc3)n2)cc1. The van der Waals surface area contributed by atoms with Crippen LogP contribution in [0.25, 0.3) is 0 Å². The normalized spacial score (nSPS) is 15.6. The lowest BCUT2D eigenvalue weighted by Gasteiger charge is -2.38. The molecule has 1 aliphatic rings. The Balaban J connectivity index is 1.37. The fourth-order valence-electron chi connectivity index (χ4n) is 4.46. The molecule has 0 unspecified atom stereocenters. The number of benzene rings is 2. The van der Waals surface area contributed by atoms with E-state index in [0.717, 1.165) is 31.6 Å². The summed E-state index contributed by atoms with van der Waals surface area (Å²) in [6, 6.07) is 16.4. The molecule has 4 rings (SSSR count). The van der Waals surface area contributed by atoms with E-state index in [1.807, 2.05) is 31.2 Å². The minimum Gasteiger partial charge on any atom is -0.389 e. The first-order valence-corrected chi connectivity index (χ1v) is 13.9. The molecule has 3 aromatic rings. The second kappa shape index (κ2) is 11.1. The minimum absolute atomic E-state index is 0.0713. The van der Waals surface area contributed by atoms with Crippen molar-refractivity contribution in [2.45, 2.75) is 50.2 Å². The van der Waals surface area contributed by atoms with Crippen molar-refractivity contribution in [2.24, 2.45) is 0 Å². The van der Waals surface area contributed by atoms with Crippen LogP contribution < -0.4 is 10.6 Å². The smallest absolute Gasteiger partial charge is 0.243 e. The fourth-order valence-corrected chi connectivity index (χ4v) is 5.88. The summed E-state index contributed by atoms with van der Waals surface area (Å²) in [5.41, 5.74) is 2.04. The molecule has 1 fully saturated rings. The lowest BCUT2D eigenvalue weighted by molar-refractivity contribution is 0.0240. The maximum absolute atomic E-state index is 13.3. The van der Waals surface area contributed by atoms with Gasteiger partial charge in [-0.3, -0.25) is 0 Å². The topological polar surface area (TPSA) is 111 Å². The molecule has 0 atom stereocenters. The van der Waals surface area contributed by atoms with Crippen LogP contribution in [-0.2, 0) is 10.0 Å². The van der Waals surface area contributed by atoms with Gasteiger partial charge in [0.15, 0.2) is 0 Å². The number of sulfonamides is 1. The first-order valence-electron chi connectivity index (χ1n) is 12.5. The van der Waals surface area contributed by atoms with Gasteiger partial charge in [-0.2, -0.15) is 9.29 Å². The van der Waals surface area contributed by atoms with E-state index in [2.05, 4.69) is 25.5 Å². The van der Waals surface area contributed by atoms with Gasteiger partial charge in [-0.25, -0.2) is 13.4 Å². The molecule has 0 amide bonds. The third kappa shape index (κ3) is 7.26. The molecule has 37 heavy (non-hydrogen) atoms. The molecule has 1 aromatic heterocycles. The van der Waals surface area contributed by atoms with Crippen molar-refractivity contribution in [1.29, 1.82) is 0 Å². The van der Waals surface area contributed by atoms with Crippen molar-refractivity contribution in [3.63, 3.8) is 0 Å². The summed E-state index contributed by atoms with van der Waals surface area (Å²) >= 11 is 0. The minimum atomic E-state index is -3.63. The third-order valence-corrected chi connectivity index (χ3v) is 8.37. The number of aryl methyl sites for hydroxylation is 1. The Hall–Kier alpha value is -3.05. The van der Waals surface area contributed by atoms with E-state index >= 15 is 0 Å². The molecule has 10 heteroatoms. The number of nitrogens with zero attached hydrogens (tertiary/aromatic N) is 4. The number of rotatable bonds is 9. The summed E-state index contributed by atoms with van der Waals surface area (Å²) in [6.07, 6.45) is 3.12. The highest BCUT2D eigenvalue weighted by Crippen LogP contribution is 2.25. The maximum atomic E-state index is 13.3. The molecular weight excluding hydrogens is 488 g/mol. The Morgan fingerprint density at radius 1 is 1.00 bits per heavy atom. The quantitative estimate of drug-likeness (QED) is 0.383. The zero-order valence-electron chi connectivity index (χ0n) is 21.8. The van der Waals surface area contributed by atoms with E-state index in [1.54, 1.807) is 57.4 Å². The molecule has 0 saturated carbocycles. The first kappa shape index (κ1) is 27.0. The van der Waals surface area contributed by atoms with Crippen molar-refractivity contribution in [1.82, 2.24) is 19.2 Å². The predicted octanol–water partition coefficient (Wildman–Crippen LogP) is 4.13. The molecule has 198 valence electrons. The molecule has 0 radical (unpaired) electrons. The van der Waals surface area contributed by atoms with Crippen molar-refractivity contribution < 1.29 is 13.5 Å². The van der Waals surface area contributed by atoms with Gasteiger partial charge < -0.3 is 20.6 Å². The van der Waals surface area contributed by atoms with E-state index in [4.69, 9.17) is 0 Å². The Bertz CT molecular complexity index is 1280. The van der Waals surface area contributed by atoms with Crippen molar-refractivity contribution in [3.8, 4) is 0 Å². The van der Waals surface area contributed by atoms with Gasteiger partial charge in [0, 0.05) is 37.2 Å². The molecule has 0 spiro atoms. The maximum Gasteiger partial charge on any atom is 0.243 e. The standard InChI is InChI=1S/C27H36N6O3S/c1-20-5-7-21(8-6-20)29-25-13-16-28-26(31-25)30-22-9-11-24(12-10-22)37(35,36)32(4)23-14-17-33(18-15-23)19-27(2,3)34/h5-13,16,23,34H,14-15,17-19H2,1-4H3,(H2,28,29,30,31). The van der Waals surface area contributed by atoms with Crippen molar-refractivity contribution in [3.05, 3.63) is 66.4 Å². The second-order valence-electron chi connectivity index (χ2n) is 10.2. The van der Waals surface area contributed by atoms with Gasteiger partial charge in [0.2, 0.25) is 16.0 Å².